The van der Waals surface area contributed by atoms with Crippen LogP contribution in [-0.4, -0.2) is 6.47 Å². The average Bonchev–Trinajstić information content (AvgIpc) is 2.16. The summed E-state index contributed by atoms with van der Waals surface area (Å²) in [7, 11) is 0. The summed E-state index contributed by atoms with van der Waals surface area (Å²) >= 11 is 3.17. The largest absolute Gasteiger partial charge is 0.459 e. The first kappa shape index (κ1) is 11.9. The van der Waals surface area contributed by atoms with Gasteiger partial charge in [-0.15, -0.1) is 6.58 Å². The molecule has 0 amide bonds. The van der Waals surface area contributed by atoms with E-state index in [2.05, 4.69) is 22.5 Å². The van der Waals surface area contributed by atoms with Gasteiger partial charge >= 0.3 is 0 Å². The molecule has 0 aliphatic heterocycles. The van der Waals surface area contributed by atoms with Gasteiger partial charge in [0.2, 0.25) is 0 Å². The van der Waals surface area contributed by atoms with Crippen molar-refractivity contribution in [2.75, 3.05) is 0 Å². The zero-order chi connectivity index (χ0) is 11.3. The summed E-state index contributed by atoms with van der Waals surface area (Å²) in [6, 6.07) is 4.39. The molecule has 1 atom stereocenters. The molecule has 0 N–H and O–H groups in total. The first-order valence-electron chi connectivity index (χ1n) is 4.33. The summed E-state index contributed by atoms with van der Waals surface area (Å²) < 4.78 is 18.5. The highest BCUT2D eigenvalue weighted by molar-refractivity contribution is 9.10. The number of benzene rings is 1. The van der Waals surface area contributed by atoms with Crippen LogP contribution in [0.5, 0.6) is 0 Å². The van der Waals surface area contributed by atoms with Gasteiger partial charge in [0.25, 0.3) is 6.47 Å². The van der Waals surface area contributed by atoms with Crippen LogP contribution >= 0.6 is 15.9 Å². The van der Waals surface area contributed by atoms with Gasteiger partial charge in [-0.1, -0.05) is 22.0 Å². The maximum Gasteiger partial charge on any atom is 0.293 e. The van der Waals surface area contributed by atoms with Crippen molar-refractivity contribution in [3.8, 4) is 0 Å². The zero-order valence-electron chi connectivity index (χ0n) is 7.95. The fourth-order valence-corrected chi connectivity index (χ4v) is 1.73. The van der Waals surface area contributed by atoms with E-state index in [4.69, 9.17) is 4.74 Å². The van der Waals surface area contributed by atoms with Crippen LogP contribution < -0.4 is 0 Å². The molecule has 1 aromatic carbocycles. The third-order valence-electron chi connectivity index (χ3n) is 1.86. The van der Waals surface area contributed by atoms with Gasteiger partial charge in [-0.3, -0.25) is 4.79 Å². The quantitative estimate of drug-likeness (QED) is 0.607. The Hall–Kier alpha value is -1.16. The molecule has 4 heteroatoms. The monoisotopic (exact) mass is 272 g/mol. The van der Waals surface area contributed by atoms with Gasteiger partial charge < -0.3 is 4.74 Å². The summed E-state index contributed by atoms with van der Waals surface area (Å²) in [6.07, 6.45) is 1.59. The van der Waals surface area contributed by atoms with Crippen LogP contribution in [0.4, 0.5) is 4.39 Å². The molecule has 0 saturated heterocycles. The van der Waals surface area contributed by atoms with E-state index in [9.17, 15) is 9.18 Å². The Morgan fingerprint density at radius 1 is 1.53 bits per heavy atom. The second-order valence-corrected chi connectivity index (χ2v) is 3.86. The summed E-state index contributed by atoms with van der Waals surface area (Å²) in [5, 5.41) is 0. The first-order valence-corrected chi connectivity index (χ1v) is 5.12. The van der Waals surface area contributed by atoms with Gasteiger partial charge in [-0.05, 0) is 23.8 Å². The Morgan fingerprint density at radius 2 is 2.27 bits per heavy atom. The van der Waals surface area contributed by atoms with E-state index in [1.165, 1.54) is 12.1 Å². The van der Waals surface area contributed by atoms with E-state index in [0.29, 0.717) is 22.9 Å². The van der Waals surface area contributed by atoms with E-state index in [-0.39, 0.29) is 5.82 Å². The molecule has 0 fully saturated rings. The Balaban J connectivity index is 2.98. The van der Waals surface area contributed by atoms with Crippen molar-refractivity contribution in [1.29, 1.82) is 0 Å². The molecule has 1 rings (SSSR count). The highest BCUT2D eigenvalue weighted by Crippen LogP contribution is 2.25. The molecule has 1 aromatic rings. The molecule has 0 radical (unpaired) electrons. The molecule has 80 valence electrons. The van der Waals surface area contributed by atoms with Crippen molar-refractivity contribution in [1.82, 2.24) is 0 Å². The van der Waals surface area contributed by atoms with Crippen molar-refractivity contribution < 1.29 is 13.9 Å². The molecule has 0 aliphatic rings. The Kier molecular flexibility index (Phi) is 4.49. The van der Waals surface area contributed by atoms with Crippen LogP contribution in [-0.2, 0) is 9.53 Å². The predicted molar refractivity (Wildman–Crippen MR) is 58.8 cm³/mol. The summed E-state index contributed by atoms with van der Waals surface area (Å²) in [4.78, 5) is 10.3. The van der Waals surface area contributed by atoms with Crippen molar-refractivity contribution >= 4 is 22.4 Å². The lowest BCUT2D eigenvalue weighted by Crippen LogP contribution is -2.02. The number of rotatable bonds is 5. The standard InChI is InChI=1S/C11H10BrFO2/c1-2-3-11(15-7-14)8-4-9(12)6-10(13)5-8/h2,4-7,11H,1,3H2. The molecule has 0 bridgehead atoms. The van der Waals surface area contributed by atoms with E-state index in [1.807, 2.05) is 0 Å². The van der Waals surface area contributed by atoms with Crippen molar-refractivity contribution in [3.63, 3.8) is 0 Å². The minimum Gasteiger partial charge on any atom is -0.459 e. The Bertz CT molecular complexity index is 335. The summed E-state index contributed by atoms with van der Waals surface area (Å²) in [5.41, 5.74) is 0.605. The third-order valence-corrected chi connectivity index (χ3v) is 2.32. The second kappa shape index (κ2) is 5.66. The highest BCUT2D eigenvalue weighted by Gasteiger charge is 2.12. The van der Waals surface area contributed by atoms with Crippen molar-refractivity contribution in [3.05, 3.63) is 46.7 Å². The smallest absolute Gasteiger partial charge is 0.293 e. The van der Waals surface area contributed by atoms with Crippen LogP contribution in [0.15, 0.2) is 35.3 Å². The third kappa shape index (κ3) is 3.47. The molecule has 0 aromatic heterocycles. The minimum absolute atomic E-state index is 0.354. The number of halogens is 2. The maximum atomic E-state index is 13.1. The number of hydrogen-bond acceptors (Lipinski definition) is 2. The van der Waals surface area contributed by atoms with Crippen LogP contribution in [0.3, 0.4) is 0 Å². The van der Waals surface area contributed by atoms with Crippen LogP contribution in [0.2, 0.25) is 0 Å². The van der Waals surface area contributed by atoms with Gasteiger partial charge in [0.05, 0.1) is 0 Å². The molecule has 15 heavy (non-hydrogen) atoms. The van der Waals surface area contributed by atoms with Gasteiger partial charge in [-0.2, -0.15) is 0 Å². The summed E-state index contributed by atoms with van der Waals surface area (Å²) in [5.74, 6) is -0.372. The lowest BCUT2D eigenvalue weighted by molar-refractivity contribution is -0.133. The topological polar surface area (TPSA) is 26.3 Å². The maximum absolute atomic E-state index is 13.1. The first-order chi connectivity index (χ1) is 7.17. The van der Waals surface area contributed by atoms with Gasteiger partial charge in [-0.25, -0.2) is 4.39 Å². The molecule has 0 heterocycles. The molecule has 0 aliphatic carbocycles. The number of hydrogen-bond donors (Lipinski definition) is 0. The zero-order valence-corrected chi connectivity index (χ0v) is 9.54. The lowest BCUT2D eigenvalue weighted by Gasteiger charge is -2.13. The van der Waals surface area contributed by atoms with E-state index < -0.39 is 6.10 Å². The van der Waals surface area contributed by atoms with Crippen LogP contribution in [0, 0.1) is 5.82 Å². The second-order valence-electron chi connectivity index (χ2n) is 2.95. The van der Waals surface area contributed by atoms with E-state index >= 15 is 0 Å². The van der Waals surface area contributed by atoms with Gasteiger partial charge in [0, 0.05) is 10.9 Å². The number of carbonyl (C=O) groups is 1. The van der Waals surface area contributed by atoms with Crippen molar-refractivity contribution in [2.24, 2.45) is 0 Å². The van der Waals surface area contributed by atoms with E-state index in [0.717, 1.165) is 0 Å². The van der Waals surface area contributed by atoms with Crippen LogP contribution in [0.25, 0.3) is 0 Å². The molecule has 0 spiro atoms. The fraction of sp³-hybridized carbons (Fsp3) is 0.182. The molecular weight excluding hydrogens is 263 g/mol. The lowest BCUT2D eigenvalue weighted by atomic mass is 10.1. The predicted octanol–water partition coefficient (Wildman–Crippen LogP) is 3.38. The fourth-order valence-electron chi connectivity index (χ4n) is 1.25. The minimum atomic E-state index is -0.480. The number of ether oxygens (including phenoxy) is 1. The SMILES string of the molecule is C=CCC(OC=O)c1cc(F)cc(Br)c1. The van der Waals surface area contributed by atoms with Crippen LogP contribution in [0.1, 0.15) is 18.1 Å². The average molecular weight is 273 g/mol. The van der Waals surface area contributed by atoms with Gasteiger partial charge in [0.15, 0.2) is 0 Å². The highest BCUT2D eigenvalue weighted by atomic mass is 79.9. The molecule has 0 saturated carbocycles. The molecule has 1 unspecified atom stereocenters. The Labute approximate surface area is 95.9 Å². The summed E-state index contributed by atoms with van der Waals surface area (Å²) in [6.45, 7) is 3.91. The van der Waals surface area contributed by atoms with E-state index in [1.54, 1.807) is 12.1 Å². The number of carbonyl (C=O) groups excluding carboxylic acids is 1. The molecule has 2 nitrogen and oxygen atoms in total. The van der Waals surface area contributed by atoms with Gasteiger partial charge in [0.1, 0.15) is 11.9 Å². The van der Waals surface area contributed by atoms with Crippen molar-refractivity contribution in [2.45, 2.75) is 12.5 Å². The molecular formula is C11H10BrFO2. The normalized spacial score (nSPS) is 11.9. The Morgan fingerprint density at radius 3 is 2.80 bits per heavy atom.